The van der Waals surface area contributed by atoms with Crippen molar-refractivity contribution in [2.75, 3.05) is 13.2 Å². The minimum Gasteiger partial charge on any atom is -0.369 e. The minimum atomic E-state index is -0.207. The van der Waals surface area contributed by atoms with Gasteiger partial charge in [0.05, 0.1) is 25.4 Å². The summed E-state index contributed by atoms with van der Waals surface area (Å²) in [7, 11) is 0. The molecule has 4 aliphatic rings. The SMILES string of the molecule is C[C@@H]1[C@@H]2[C@@H]3O[C@@H]3CC[C@@H]2C12OCCO2. The van der Waals surface area contributed by atoms with Crippen LogP contribution in [0.1, 0.15) is 19.8 Å². The molecule has 0 radical (unpaired) electrons. The van der Waals surface area contributed by atoms with E-state index in [1.165, 1.54) is 12.8 Å². The van der Waals surface area contributed by atoms with E-state index in [-0.39, 0.29) is 5.79 Å². The van der Waals surface area contributed by atoms with Crippen LogP contribution in [0.4, 0.5) is 0 Å². The van der Waals surface area contributed by atoms with Gasteiger partial charge in [-0.05, 0) is 12.8 Å². The zero-order valence-electron chi connectivity index (χ0n) is 8.44. The van der Waals surface area contributed by atoms with E-state index in [9.17, 15) is 0 Å². The van der Waals surface area contributed by atoms with E-state index < -0.39 is 0 Å². The average Bonchev–Trinajstić information content (AvgIpc) is 2.78. The molecule has 2 heterocycles. The molecule has 4 fully saturated rings. The molecule has 5 atom stereocenters. The zero-order valence-corrected chi connectivity index (χ0v) is 8.44. The third kappa shape index (κ3) is 0.730. The summed E-state index contributed by atoms with van der Waals surface area (Å²) in [5, 5.41) is 0. The predicted octanol–water partition coefficient (Wildman–Crippen LogP) is 1.17. The van der Waals surface area contributed by atoms with E-state index in [0.29, 0.717) is 30.0 Å². The van der Waals surface area contributed by atoms with Crippen molar-refractivity contribution in [2.24, 2.45) is 17.8 Å². The second-order valence-electron chi connectivity index (χ2n) is 5.11. The Morgan fingerprint density at radius 1 is 1.14 bits per heavy atom. The van der Waals surface area contributed by atoms with E-state index in [2.05, 4.69) is 6.92 Å². The lowest BCUT2D eigenvalue weighted by Gasteiger charge is -2.57. The summed E-state index contributed by atoms with van der Waals surface area (Å²) in [4.78, 5) is 0. The number of ether oxygens (including phenoxy) is 3. The molecule has 2 saturated carbocycles. The normalized spacial score (nSPS) is 57.6. The van der Waals surface area contributed by atoms with Gasteiger partial charge in [0.1, 0.15) is 0 Å². The van der Waals surface area contributed by atoms with Gasteiger partial charge in [-0.15, -0.1) is 0 Å². The molecule has 0 N–H and O–H groups in total. The molecule has 0 unspecified atom stereocenters. The highest BCUT2D eigenvalue weighted by Crippen LogP contribution is 2.63. The van der Waals surface area contributed by atoms with E-state index in [1.807, 2.05) is 0 Å². The molecule has 0 amide bonds. The minimum absolute atomic E-state index is 0.207. The fraction of sp³-hybridized carbons (Fsp3) is 1.00. The maximum absolute atomic E-state index is 5.85. The second kappa shape index (κ2) is 2.34. The molecule has 0 bridgehead atoms. The Hall–Kier alpha value is -0.120. The Bertz CT molecular complexity index is 272. The summed E-state index contributed by atoms with van der Waals surface area (Å²) < 4.78 is 17.4. The Balaban J connectivity index is 1.65. The van der Waals surface area contributed by atoms with Gasteiger partial charge in [-0.1, -0.05) is 6.92 Å². The first-order chi connectivity index (χ1) is 6.83. The third-order valence-corrected chi connectivity index (χ3v) is 4.70. The van der Waals surface area contributed by atoms with Crippen LogP contribution in [0, 0.1) is 17.8 Å². The van der Waals surface area contributed by atoms with E-state index in [1.54, 1.807) is 0 Å². The molecule has 2 aliphatic carbocycles. The second-order valence-corrected chi connectivity index (χ2v) is 5.11. The van der Waals surface area contributed by atoms with Crippen LogP contribution < -0.4 is 0 Å². The molecule has 14 heavy (non-hydrogen) atoms. The van der Waals surface area contributed by atoms with Gasteiger partial charge in [-0.2, -0.15) is 0 Å². The Morgan fingerprint density at radius 2 is 1.93 bits per heavy atom. The summed E-state index contributed by atoms with van der Waals surface area (Å²) in [6, 6.07) is 0. The van der Waals surface area contributed by atoms with Gasteiger partial charge in [0.15, 0.2) is 5.79 Å². The maximum atomic E-state index is 5.85. The van der Waals surface area contributed by atoms with Gasteiger partial charge in [-0.25, -0.2) is 0 Å². The Kier molecular flexibility index (Phi) is 1.35. The van der Waals surface area contributed by atoms with E-state index >= 15 is 0 Å². The van der Waals surface area contributed by atoms with Crippen LogP contribution in [0.2, 0.25) is 0 Å². The van der Waals surface area contributed by atoms with Crippen molar-refractivity contribution < 1.29 is 14.2 Å². The number of rotatable bonds is 0. The first kappa shape index (κ1) is 8.08. The predicted molar refractivity (Wildman–Crippen MR) is 48.7 cm³/mol. The third-order valence-electron chi connectivity index (χ3n) is 4.70. The van der Waals surface area contributed by atoms with Gasteiger partial charge >= 0.3 is 0 Å². The molecule has 78 valence electrons. The van der Waals surface area contributed by atoms with Crippen LogP contribution >= 0.6 is 0 Å². The van der Waals surface area contributed by atoms with Crippen molar-refractivity contribution >= 4 is 0 Å². The van der Waals surface area contributed by atoms with Crippen molar-refractivity contribution in [2.45, 2.75) is 37.8 Å². The summed E-state index contributed by atoms with van der Waals surface area (Å²) >= 11 is 0. The fourth-order valence-corrected chi connectivity index (χ4v) is 4.00. The topological polar surface area (TPSA) is 31.0 Å². The summed E-state index contributed by atoms with van der Waals surface area (Å²) in [6.07, 6.45) is 3.57. The van der Waals surface area contributed by atoms with E-state index in [4.69, 9.17) is 14.2 Å². The monoisotopic (exact) mass is 196 g/mol. The summed E-state index contributed by atoms with van der Waals surface area (Å²) in [5.74, 6) is 1.66. The first-order valence-electron chi connectivity index (χ1n) is 5.76. The van der Waals surface area contributed by atoms with Crippen LogP contribution in [0.25, 0.3) is 0 Å². The quantitative estimate of drug-likeness (QED) is 0.545. The lowest BCUT2D eigenvalue weighted by atomic mass is 9.54. The van der Waals surface area contributed by atoms with E-state index in [0.717, 1.165) is 13.2 Å². The summed E-state index contributed by atoms with van der Waals surface area (Å²) in [5.41, 5.74) is 0. The molecule has 2 saturated heterocycles. The molecule has 0 aromatic heterocycles. The van der Waals surface area contributed by atoms with Crippen LogP contribution in [-0.2, 0) is 14.2 Å². The van der Waals surface area contributed by atoms with Gasteiger partial charge < -0.3 is 14.2 Å². The van der Waals surface area contributed by atoms with Crippen molar-refractivity contribution in [3.8, 4) is 0 Å². The number of fused-ring (bicyclic) bond motifs is 4. The van der Waals surface area contributed by atoms with Crippen molar-refractivity contribution in [1.29, 1.82) is 0 Å². The van der Waals surface area contributed by atoms with Gasteiger partial charge in [0, 0.05) is 17.8 Å². The molecular formula is C11H16O3. The molecule has 1 spiro atoms. The van der Waals surface area contributed by atoms with Crippen LogP contribution in [0.5, 0.6) is 0 Å². The fourth-order valence-electron chi connectivity index (χ4n) is 4.00. The zero-order chi connectivity index (χ0) is 9.34. The molecule has 2 aliphatic heterocycles. The van der Waals surface area contributed by atoms with Crippen LogP contribution in [-0.4, -0.2) is 31.2 Å². The standard InChI is InChI=1S/C11H16O3/c1-6-9-7(2-3-8-10(9)14-8)11(6)12-4-5-13-11/h6-10H,2-5H2,1H3/t6-,7+,8-,9+,10-/m1/s1. The van der Waals surface area contributed by atoms with Crippen molar-refractivity contribution in [3.05, 3.63) is 0 Å². The molecule has 0 aromatic carbocycles. The lowest BCUT2D eigenvalue weighted by molar-refractivity contribution is -0.321. The van der Waals surface area contributed by atoms with Crippen molar-refractivity contribution in [1.82, 2.24) is 0 Å². The molecule has 4 rings (SSSR count). The highest BCUT2D eigenvalue weighted by molar-refractivity contribution is 5.14. The lowest BCUT2D eigenvalue weighted by Crippen LogP contribution is -2.65. The van der Waals surface area contributed by atoms with Gasteiger partial charge in [-0.3, -0.25) is 0 Å². The highest BCUT2D eigenvalue weighted by Gasteiger charge is 2.71. The smallest absolute Gasteiger partial charge is 0.174 e. The number of epoxide rings is 1. The molecule has 0 aromatic rings. The Labute approximate surface area is 83.7 Å². The number of hydrogen-bond donors (Lipinski definition) is 0. The highest BCUT2D eigenvalue weighted by atomic mass is 16.7. The number of hydrogen-bond acceptors (Lipinski definition) is 3. The molecule has 3 nitrogen and oxygen atoms in total. The molecular weight excluding hydrogens is 180 g/mol. The van der Waals surface area contributed by atoms with Gasteiger partial charge in [0.25, 0.3) is 0 Å². The first-order valence-corrected chi connectivity index (χ1v) is 5.76. The largest absolute Gasteiger partial charge is 0.369 e. The summed E-state index contributed by atoms with van der Waals surface area (Å²) in [6.45, 7) is 3.82. The van der Waals surface area contributed by atoms with Crippen molar-refractivity contribution in [3.63, 3.8) is 0 Å². The maximum Gasteiger partial charge on any atom is 0.174 e. The molecule has 3 heteroatoms. The van der Waals surface area contributed by atoms with Gasteiger partial charge in [0.2, 0.25) is 0 Å². The average molecular weight is 196 g/mol. The van der Waals surface area contributed by atoms with Crippen LogP contribution in [0.15, 0.2) is 0 Å². The Morgan fingerprint density at radius 3 is 2.71 bits per heavy atom. The van der Waals surface area contributed by atoms with Crippen LogP contribution in [0.3, 0.4) is 0 Å².